The van der Waals surface area contributed by atoms with E-state index in [-0.39, 0.29) is 17.8 Å². The molecule has 1 N–H and O–H groups in total. The molecule has 0 bridgehead atoms. The molecule has 1 aliphatic rings. The van der Waals surface area contributed by atoms with Gasteiger partial charge < -0.3 is 10.1 Å². The van der Waals surface area contributed by atoms with Gasteiger partial charge in [0.05, 0.1) is 6.10 Å². The summed E-state index contributed by atoms with van der Waals surface area (Å²) in [5.41, 5.74) is -0.153. The summed E-state index contributed by atoms with van der Waals surface area (Å²) in [4.78, 5) is 20.2. The highest BCUT2D eigenvalue weighted by Gasteiger charge is 2.25. The number of amides is 1. The van der Waals surface area contributed by atoms with Crippen molar-refractivity contribution >= 4 is 16.7 Å². The van der Waals surface area contributed by atoms with E-state index < -0.39 is 11.7 Å². The van der Waals surface area contributed by atoms with Crippen LogP contribution in [0.1, 0.15) is 36.2 Å². The molecule has 0 aliphatic heterocycles. The predicted molar refractivity (Wildman–Crippen MR) is 100 cm³/mol. The Bertz CT molecular complexity index is 950. The Morgan fingerprint density at radius 2 is 1.93 bits per heavy atom. The molecule has 1 aliphatic carbocycles. The molecule has 5 nitrogen and oxygen atoms in total. The van der Waals surface area contributed by atoms with E-state index in [4.69, 9.17) is 4.74 Å². The van der Waals surface area contributed by atoms with E-state index >= 15 is 0 Å². The van der Waals surface area contributed by atoms with Gasteiger partial charge in [-0.2, -0.15) is 0 Å². The molecule has 6 heteroatoms. The number of carbonyl (C=O) groups excluding carboxylic acids is 1. The van der Waals surface area contributed by atoms with E-state index in [2.05, 4.69) is 15.3 Å². The van der Waals surface area contributed by atoms with E-state index in [1.54, 1.807) is 6.20 Å². The molecule has 4 rings (SSSR count). The van der Waals surface area contributed by atoms with Crippen molar-refractivity contribution in [3.05, 3.63) is 66.5 Å². The molecular weight excluding hydrogens is 345 g/mol. The van der Waals surface area contributed by atoms with Crippen LogP contribution >= 0.6 is 0 Å². The summed E-state index contributed by atoms with van der Waals surface area (Å²) in [6, 6.07) is 10.6. The number of carbonyl (C=O) groups is 1. The zero-order valence-electron chi connectivity index (χ0n) is 14.8. The molecule has 27 heavy (non-hydrogen) atoms. The molecule has 1 fully saturated rings. The highest BCUT2D eigenvalue weighted by molar-refractivity contribution is 5.92. The second-order valence-corrected chi connectivity index (χ2v) is 6.75. The first-order chi connectivity index (χ1) is 13.2. The van der Waals surface area contributed by atoms with Gasteiger partial charge in [-0.15, -0.1) is 0 Å². The number of nitrogens with one attached hydrogen (secondary N) is 1. The van der Waals surface area contributed by atoms with Gasteiger partial charge in [0.2, 0.25) is 0 Å². The van der Waals surface area contributed by atoms with Crippen molar-refractivity contribution in [2.24, 2.45) is 0 Å². The van der Waals surface area contributed by atoms with Crippen molar-refractivity contribution in [2.45, 2.75) is 37.8 Å². The van der Waals surface area contributed by atoms with Gasteiger partial charge in [0.25, 0.3) is 5.91 Å². The number of pyridine rings is 2. The van der Waals surface area contributed by atoms with E-state index in [0.717, 1.165) is 42.2 Å². The fraction of sp³-hybridized carbons (Fsp3) is 0.286. The zero-order chi connectivity index (χ0) is 18.6. The molecule has 0 unspecified atom stereocenters. The lowest BCUT2D eigenvalue weighted by atomic mass is 9.92. The number of hydrogen-bond donors (Lipinski definition) is 1. The Kier molecular flexibility index (Phi) is 4.96. The summed E-state index contributed by atoms with van der Waals surface area (Å²) in [5.74, 6) is -0.200. The number of fused-ring (bicyclic) bond motifs is 1. The van der Waals surface area contributed by atoms with Crippen LogP contribution < -0.4 is 10.1 Å². The summed E-state index contributed by atoms with van der Waals surface area (Å²) in [6.45, 7) is 0. The van der Waals surface area contributed by atoms with Crippen molar-refractivity contribution < 1.29 is 13.9 Å². The van der Waals surface area contributed by atoms with Gasteiger partial charge in [0.15, 0.2) is 11.5 Å². The third kappa shape index (κ3) is 3.89. The fourth-order valence-electron chi connectivity index (χ4n) is 3.51. The van der Waals surface area contributed by atoms with Crippen LogP contribution in [0.5, 0.6) is 5.75 Å². The largest absolute Gasteiger partial charge is 0.490 e. The summed E-state index contributed by atoms with van der Waals surface area (Å²) in [7, 11) is 0. The van der Waals surface area contributed by atoms with Crippen LogP contribution in [-0.2, 0) is 0 Å². The Balaban J connectivity index is 1.35. The number of hydrogen-bond acceptors (Lipinski definition) is 4. The molecular formula is C21H20FN3O2. The molecule has 1 amide bonds. The van der Waals surface area contributed by atoms with E-state index in [1.807, 2.05) is 30.5 Å². The second kappa shape index (κ2) is 7.70. The van der Waals surface area contributed by atoms with Gasteiger partial charge in [-0.05, 0) is 49.9 Å². The maximum atomic E-state index is 13.7. The van der Waals surface area contributed by atoms with Crippen molar-refractivity contribution in [2.75, 3.05) is 0 Å². The summed E-state index contributed by atoms with van der Waals surface area (Å²) < 4.78 is 19.9. The predicted octanol–water partition coefficient (Wildman–Crippen LogP) is 3.89. The Hall–Kier alpha value is -3.02. The average molecular weight is 365 g/mol. The normalized spacial score (nSPS) is 19.6. The fourth-order valence-corrected chi connectivity index (χ4v) is 3.51. The number of ether oxygens (including phenoxy) is 1. The van der Waals surface area contributed by atoms with Crippen LogP contribution in [0, 0.1) is 5.82 Å². The molecule has 3 aromatic rings. The van der Waals surface area contributed by atoms with E-state index in [9.17, 15) is 9.18 Å². The number of aromatic nitrogens is 2. The first-order valence-corrected chi connectivity index (χ1v) is 9.11. The lowest BCUT2D eigenvalue weighted by Gasteiger charge is -2.29. The number of benzene rings is 1. The smallest absolute Gasteiger partial charge is 0.273 e. The third-order valence-electron chi connectivity index (χ3n) is 4.92. The highest BCUT2D eigenvalue weighted by atomic mass is 19.1. The van der Waals surface area contributed by atoms with Crippen LogP contribution in [0.25, 0.3) is 10.8 Å². The van der Waals surface area contributed by atoms with Gasteiger partial charge in [0, 0.05) is 35.4 Å². The van der Waals surface area contributed by atoms with Crippen LogP contribution in [-0.4, -0.2) is 28.0 Å². The first kappa shape index (κ1) is 17.4. The maximum absolute atomic E-state index is 13.7. The molecule has 0 atom stereocenters. The topological polar surface area (TPSA) is 64.1 Å². The molecule has 0 spiro atoms. The zero-order valence-corrected chi connectivity index (χ0v) is 14.8. The van der Waals surface area contributed by atoms with Crippen molar-refractivity contribution in [1.29, 1.82) is 0 Å². The molecule has 0 saturated heterocycles. The minimum Gasteiger partial charge on any atom is -0.490 e. The van der Waals surface area contributed by atoms with Crippen LogP contribution in [0.15, 0.2) is 55.0 Å². The van der Waals surface area contributed by atoms with Crippen LogP contribution in [0.4, 0.5) is 4.39 Å². The number of halogens is 1. The Morgan fingerprint density at radius 1 is 1.07 bits per heavy atom. The highest BCUT2D eigenvalue weighted by Crippen LogP contribution is 2.29. The van der Waals surface area contributed by atoms with E-state index in [0.29, 0.717) is 0 Å². The molecule has 1 saturated carbocycles. The van der Waals surface area contributed by atoms with Gasteiger partial charge in [0.1, 0.15) is 5.75 Å². The molecule has 138 valence electrons. The summed E-state index contributed by atoms with van der Waals surface area (Å²) in [5, 5.41) is 4.98. The van der Waals surface area contributed by atoms with Crippen molar-refractivity contribution in [3.8, 4) is 5.75 Å². The lowest BCUT2D eigenvalue weighted by Crippen LogP contribution is -2.40. The molecule has 2 heterocycles. The minimum absolute atomic E-state index is 0.00970. The molecule has 2 aromatic heterocycles. The standard InChI is InChI=1S/C21H20FN3O2/c22-18-4-2-11-24-20(18)21(26)25-15-6-8-16(9-7-15)27-19-5-1-3-14-13-23-12-10-17(14)19/h1-5,10-13,15-16H,6-9H2,(H,25,26). The van der Waals surface area contributed by atoms with Gasteiger partial charge in [-0.1, -0.05) is 12.1 Å². The first-order valence-electron chi connectivity index (χ1n) is 9.11. The lowest BCUT2D eigenvalue weighted by molar-refractivity contribution is 0.0886. The van der Waals surface area contributed by atoms with Crippen LogP contribution in [0.2, 0.25) is 0 Å². The summed E-state index contributed by atoms with van der Waals surface area (Å²) >= 11 is 0. The average Bonchev–Trinajstić information content (AvgIpc) is 2.70. The Morgan fingerprint density at radius 3 is 2.74 bits per heavy atom. The van der Waals surface area contributed by atoms with Crippen molar-refractivity contribution in [1.82, 2.24) is 15.3 Å². The molecule has 1 aromatic carbocycles. The minimum atomic E-state index is -0.600. The van der Waals surface area contributed by atoms with Gasteiger partial charge >= 0.3 is 0 Å². The van der Waals surface area contributed by atoms with Gasteiger partial charge in [-0.3, -0.25) is 9.78 Å². The quantitative estimate of drug-likeness (QED) is 0.762. The molecule has 0 radical (unpaired) electrons. The van der Waals surface area contributed by atoms with Gasteiger partial charge in [-0.25, -0.2) is 9.37 Å². The monoisotopic (exact) mass is 365 g/mol. The SMILES string of the molecule is O=C(NC1CCC(Oc2cccc3cnccc23)CC1)c1ncccc1F. The third-order valence-corrected chi connectivity index (χ3v) is 4.92. The van der Waals surface area contributed by atoms with E-state index in [1.165, 1.54) is 18.3 Å². The maximum Gasteiger partial charge on any atom is 0.273 e. The second-order valence-electron chi connectivity index (χ2n) is 6.75. The Labute approximate surface area is 156 Å². The summed E-state index contributed by atoms with van der Waals surface area (Å²) in [6.07, 6.45) is 8.35. The number of rotatable bonds is 4. The van der Waals surface area contributed by atoms with Crippen LogP contribution in [0.3, 0.4) is 0 Å². The number of nitrogens with zero attached hydrogens (tertiary/aromatic N) is 2. The van der Waals surface area contributed by atoms with Crippen molar-refractivity contribution in [3.63, 3.8) is 0 Å².